The maximum Gasteiger partial charge on any atom is 0.416 e. The smallest absolute Gasteiger partial charge is 0.370 e. The van der Waals surface area contributed by atoms with Crippen LogP contribution in [0.2, 0.25) is 0 Å². The zero-order valence-electron chi connectivity index (χ0n) is 17.2. The molecular weight excluding hydrogens is 423 g/mol. The van der Waals surface area contributed by atoms with Gasteiger partial charge >= 0.3 is 6.18 Å². The third kappa shape index (κ3) is 4.61. The van der Waals surface area contributed by atoms with Crippen LogP contribution in [0.25, 0.3) is 0 Å². The van der Waals surface area contributed by atoms with Gasteiger partial charge in [-0.1, -0.05) is 12.1 Å². The highest BCUT2D eigenvalue weighted by atomic mass is 19.4. The molecule has 32 heavy (non-hydrogen) atoms. The van der Waals surface area contributed by atoms with Crippen molar-refractivity contribution in [1.82, 2.24) is 4.90 Å². The molecule has 1 N–H and O–H groups in total. The minimum Gasteiger partial charge on any atom is -0.370 e. The van der Waals surface area contributed by atoms with E-state index in [1.54, 1.807) is 12.1 Å². The fourth-order valence-electron chi connectivity index (χ4n) is 3.98. The van der Waals surface area contributed by atoms with Crippen molar-refractivity contribution in [3.05, 3.63) is 59.2 Å². The first-order valence-electron chi connectivity index (χ1n) is 10.4. The van der Waals surface area contributed by atoms with Crippen LogP contribution in [-0.2, 0) is 22.3 Å². The first kappa shape index (κ1) is 21.9. The van der Waals surface area contributed by atoms with E-state index in [-0.39, 0.29) is 42.5 Å². The van der Waals surface area contributed by atoms with Crippen molar-refractivity contribution < 1.29 is 27.6 Å². The van der Waals surface area contributed by atoms with E-state index < -0.39 is 17.6 Å². The third-order valence-electron chi connectivity index (χ3n) is 5.73. The van der Waals surface area contributed by atoms with E-state index in [9.17, 15) is 27.6 Å². The van der Waals surface area contributed by atoms with Crippen molar-refractivity contribution in [2.45, 2.75) is 38.4 Å². The molecule has 9 heteroatoms. The molecule has 168 valence electrons. The molecule has 2 aromatic carbocycles. The van der Waals surface area contributed by atoms with Crippen LogP contribution in [0.1, 0.15) is 47.2 Å². The average molecular weight is 445 g/mol. The number of carbonyl (C=O) groups excluding carboxylic acids is 3. The van der Waals surface area contributed by atoms with E-state index >= 15 is 0 Å². The zero-order valence-corrected chi connectivity index (χ0v) is 17.2. The number of hydrogen-bond acceptors (Lipinski definition) is 4. The summed E-state index contributed by atoms with van der Waals surface area (Å²) < 4.78 is 39.7. The van der Waals surface area contributed by atoms with Gasteiger partial charge in [0.05, 0.1) is 23.5 Å². The van der Waals surface area contributed by atoms with Crippen molar-refractivity contribution in [3.8, 4) is 0 Å². The topological polar surface area (TPSA) is 69.7 Å². The Labute approximate surface area is 183 Å². The first-order valence-corrected chi connectivity index (χ1v) is 10.4. The first-order chi connectivity index (χ1) is 15.2. The Morgan fingerprint density at radius 2 is 1.56 bits per heavy atom. The Balaban J connectivity index is 1.52. The minimum atomic E-state index is -4.52. The summed E-state index contributed by atoms with van der Waals surface area (Å²) in [6.45, 7) is 1.57. The molecule has 2 aliphatic rings. The summed E-state index contributed by atoms with van der Waals surface area (Å²) in [6, 6.07) is 9.70. The van der Waals surface area contributed by atoms with Gasteiger partial charge in [-0.25, -0.2) is 0 Å². The number of carbonyl (C=O) groups is 3. The quantitative estimate of drug-likeness (QED) is 0.701. The lowest BCUT2D eigenvalue weighted by Gasteiger charge is -2.23. The second kappa shape index (κ2) is 8.64. The number of benzene rings is 2. The van der Waals surface area contributed by atoms with Gasteiger partial charge in [0.2, 0.25) is 11.8 Å². The molecule has 3 amide bonds. The molecule has 2 saturated heterocycles. The van der Waals surface area contributed by atoms with Crippen molar-refractivity contribution >= 4 is 29.1 Å². The van der Waals surface area contributed by atoms with E-state index in [0.29, 0.717) is 11.3 Å². The molecule has 4 rings (SSSR count). The molecule has 0 aromatic heterocycles. The molecule has 0 radical (unpaired) electrons. The number of hydrogen-bond donors (Lipinski definition) is 1. The Hall–Kier alpha value is -3.36. The van der Waals surface area contributed by atoms with Gasteiger partial charge in [0.25, 0.3) is 5.91 Å². The normalized spacial score (nSPS) is 16.7. The van der Waals surface area contributed by atoms with Crippen molar-refractivity contribution in [1.29, 1.82) is 0 Å². The average Bonchev–Trinajstić information content (AvgIpc) is 3.39. The summed E-state index contributed by atoms with van der Waals surface area (Å²) in [4.78, 5) is 39.4. The highest BCUT2D eigenvalue weighted by Crippen LogP contribution is 2.36. The second-order valence-corrected chi connectivity index (χ2v) is 7.95. The fourth-order valence-corrected chi connectivity index (χ4v) is 3.98. The number of alkyl halides is 3. The molecule has 2 fully saturated rings. The Kier molecular flexibility index (Phi) is 5.90. The van der Waals surface area contributed by atoms with Gasteiger partial charge in [-0.05, 0) is 48.7 Å². The van der Waals surface area contributed by atoms with Crippen LogP contribution in [0.4, 0.5) is 24.5 Å². The molecule has 2 heterocycles. The van der Waals surface area contributed by atoms with Crippen LogP contribution in [0.3, 0.4) is 0 Å². The van der Waals surface area contributed by atoms with Crippen molar-refractivity contribution in [2.75, 3.05) is 23.3 Å². The summed E-state index contributed by atoms with van der Waals surface area (Å²) in [6.07, 6.45) is -2.23. The largest absolute Gasteiger partial charge is 0.416 e. The molecule has 0 atom stereocenters. The lowest BCUT2D eigenvalue weighted by molar-refractivity contribution is -0.139. The number of halogens is 3. The second-order valence-electron chi connectivity index (χ2n) is 7.95. The number of amides is 3. The lowest BCUT2D eigenvalue weighted by Crippen LogP contribution is -2.28. The van der Waals surface area contributed by atoms with Crippen LogP contribution in [0.5, 0.6) is 0 Å². The zero-order chi connectivity index (χ0) is 22.9. The van der Waals surface area contributed by atoms with Crippen LogP contribution in [0.15, 0.2) is 42.5 Å². The predicted octanol–water partition coefficient (Wildman–Crippen LogP) is 4.21. The lowest BCUT2D eigenvalue weighted by atomic mass is 10.1. The molecule has 0 saturated carbocycles. The Morgan fingerprint density at radius 1 is 0.938 bits per heavy atom. The number of nitrogens with one attached hydrogen (secondary N) is 1. The summed E-state index contributed by atoms with van der Waals surface area (Å²) in [5.41, 5.74) is 0.793. The van der Waals surface area contributed by atoms with E-state index in [1.807, 2.05) is 4.90 Å². The van der Waals surface area contributed by atoms with Gasteiger partial charge < -0.3 is 10.2 Å². The van der Waals surface area contributed by atoms with Crippen molar-refractivity contribution in [3.63, 3.8) is 0 Å². The summed E-state index contributed by atoms with van der Waals surface area (Å²) in [7, 11) is 0. The molecule has 0 bridgehead atoms. The highest BCUT2D eigenvalue weighted by Gasteiger charge is 2.32. The minimum absolute atomic E-state index is 0.115. The van der Waals surface area contributed by atoms with Crippen LogP contribution < -0.4 is 10.2 Å². The van der Waals surface area contributed by atoms with Gasteiger partial charge in [-0.2, -0.15) is 13.2 Å². The van der Waals surface area contributed by atoms with Gasteiger partial charge in [0, 0.05) is 31.5 Å². The number of likely N-dealkylation sites (tertiary alicyclic amines) is 1. The monoisotopic (exact) mass is 445 g/mol. The van der Waals surface area contributed by atoms with E-state index in [4.69, 9.17) is 0 Å². The van der Waals surface area contributed by atoms with E-state index in [0.717, 1.165) is 38.1 Å². The molecule has 2 aliphatic heterocycles. The van der Waals surface area contributed by atoms with Gasteiger partial charge in [-0.3, -0.25) is 19.3 Å². The molecule has 0 aliphatic carbocycles. The molecule has 6 nitrogen and oxygen atoms in total. The number of imide groups is 1. The summed E-state index contributed by atoms with van der Waals surface area (Å²) >= 11 is 0. The SMILES string of the molecule is O=C(Nc1cc(C(F)(F)F)ccc1N1CCCC1)c1ccc(CN2C(=O)CCC2=O)cc1. The Morgan fingerprint density at radius 3 is 2.16 bits per heavy atom. The third-order valence-corrected chi connectivity index (χ3v) is 5.73. The number of nitrogens with zero attached hydrogens (tertiary/aromatic N) is 2. The maximum absolute atomic E-state index is 13.2. The van der Waals surface area contributed by atoms with Gasteiger partial charge in [0.1, 0.15) is 0 Å². The van der Waals surface area contributed by atoms with Gasteiger partial charge in [0.15, 0.2) is 0 Å². The van der Waals surface area contributed by atoms with E-state index in [1.165, 1.54) is 23.1 Å². The van der Waals surface area contributed by atoms with Crippen molar-refractivity contribution in [2.24, 2.45) is 0 Å². The predicted molar refractivity (Wildman–Crippen MR) is 112 cm³/mol. The standard InChI is InChI=1S/C23H22F3N3O3/c24-23(25,26)17-7-8-19(28-11-1-2-12-28)18(13-17)27-22(32)16-5-3-15(4-6-16)14-29-20(30)9-10-21(29)31/h3-8,13H,1-2,9-12,14H2,(H,27,32). The number of rotatable bonds is 5. The highest BCUT2D eigenvalue weighted by molar-refractivity contribution is 6.06. The van der Waals surface area contributed by atoms with Crippen LogP contribution in [0, 0.1) is 0 Å². The molecular formula is C23H22F3N3O3. The fraction of sp³-hybridized carbons (Fsp3) is 0.348. The van der Waals surface area contributed by atoms with E-state index in [2.05, 4.69) is 5.32 Å². The maximum atomic E-state index is 13.2. The summed E-state index contributed by atoms with van der Waals surface area (Å²) in [5, 5.41) is 2.62. The van der Waals surface area contributed by atoms with Gasteiger partial charge in [-0.15, -0.1) is 0 Å². The molecule has 0 unspecified atom stereocenters. The van der Waals surface area contributed by atoms with Crippen LogP contribution in [-0.4, -0.2) is 35.7 Å². The number of anilines is 2. The molecule has 2 aromatic rings. The summed E-state index contributed by atoms with van der Waals surface area (Å²) in [5.74, 6) is -0.990. The Bertz CT molecular complexity index is 1030. The molecule has 0 spiro atoms. The van der Waals surface area contributed by atoms with Crippen LogP contribution >= 0.6 is 0 Å².